The second-order valence-electron chi connectivity index (χ2n) is 4.21. The Balaban J connectivity index is 2.27. The van der Waals surface area contributed by atoms with Crippen molar-refractivity contribution in [3.8, 4) is 5.75 Å². The van der Waals surface area contributed by atoms with Crippen LogP contribution in [0.25, 0.3) is 0 Å². The van der Waals surface area contributed by atoms with Crippen LogP contribution in [0.3, 0.4) is 0 Å². The molecule has 2 rings (SSSR count). The van der Waals surface area contributed by atoms with Crippen LogP contribution in [0.4, 0.5) is 0 Å². The SMILES string of the molecule is COC(=O)C(N=Cc1ccccc1)c1ccc(O)cc1. The molecule has 0 aliphatic rings. The first-order chi connectivity index (χ1) is 9.70. The maximum atomic E-state index is 11.8. The molecule has 20 heavy (non-hydrogen) atoms. The lowest BCUT2D eigenvalue weighted by molar-refractivity contribution is -0.142. The van der Waals surface area contributed by atoms with Gasteiger partial charge in [-0.15, -0.1) is 0 Å². The standard InChI is InChI=1S/C16H15NO3/c1-20-16(19)15(13-7-9-14(18)10-8-13)17-11-12-5-3-2-4-6-12/h2-11,15,18H,1H3. The van der Waals surface area contributed by atoms with E-state index in [2.05, 4.69) is 4.99 Å². The second-order valence-corrected chi connectivity index (χ2v) is 4.21. The van der Waals surface area contributed by atoms with E-state index in [4.69, 9.17) is 4.74 Å². The molecule has 4 heteroatoms. The van der Waals surface area contributed by atoms with Crippen molar-refractivity contribution in [2.45, 2.75) is 6.04 Å². The molecule has 102 valence electrons. The molecule has 4 nitrogen and oxygen atoms in total. The summed E-state index contributed by atoms with van der Waals surface area (Å²) < 4.78 is 4.77. The topological polar surface area (TPSA) is 58.9 Å². The van der Waals surface area contributed by atoms with E-state index in [1.807, 2.05) is 30.3 Å². The number of rotatable bonds is 4. The third kappa shape index (κ3) is 3.45. The van der Waals surface area contributed by atoms with Gasteiger partial charge in [0.1, 0.15) is 5.75 Å². The summed E-state index contributed by atoms with van der Waals surface area (Å²) in [6.45, 7) is 0. The van der Waals surface area contributed by atoms with E-state index in [9.17, 15) is 9.90 Å². The number of phenols is 1. The number of esters is 1. The maximum absolute atomic E-state index is 11.8. The summed E-state index contributed by atoms with van der Waals surface area (Å²) in [7, 11) is 1.33. The molecule has 2 aromatic carbocycles. The van der Waals surface area contributed by atoms with Crippen LogP contribution in [0.2, 0.25) is 0 Å². The number of hydrogen-bond acceptors (Lipinski definition) is 4. The normalized spacial score (nSPS) is 12.2. The smallest absolute Gasteiger partial charge is 0.335 e. The Morgan fingerprint density at radius 3 is 2.40 bits per heavy atom. The van der Waals surface area contributed by atoms with Crippen LogP contribution in [0.15, 0.2) is 59.6 Å². The van der Waals surface area contributed by atoms with E-state index >= 15 is 0 Å². The van der Waals surface area contributed by atoms with Gasteiger partial charge in [0.15, 0.2) is 6.04 Å². The molecule has 1 N–H and O–H groups in total. The fourth-order valence-corrected chi connectivity index (χ4v) is 1.75. The predicted octanol–water partition coefficient (Wildman–Crippen LogP) is 2.73. The zero-order chi connectivity index (χ0) is 14.4. The molecule has 0 aliphatic heterocycles. The number of aliphatic imine (C=N–C) groups is 1. The lowest BCUT2D eigenvalue weighted by Gasteiger charge is -2.10. The lowest BCUT2D eigenvalue weighted by atomic mass is 10.1. The average molecular weight is 269 g/mol. The molecule has 0 spiro atoms. The molecule has 0 aromatic heterocycles. The number of nitrogens with zero attached hydrogens (tertiary/aromatic N) is 1. The highest BCUT2D eigenvalue weighted by molar-refractivity contribution is 5.84. The average Bonchev–Trinajstić information content (AvgIpc) is 2.50. The van der Waals surface area contributed by atoms with Gasteiger partial charge in [0.2, 0.25) is 0 Å². The summed E-state index contributed by atoms with van der Waals surface area (Å²) in [5, 5.41) is 9.29. The van der Waals surface area contributed by atoms with Gasteiger partial charge in [-0.3, -0.25) is 4.99 Å². The van der Waals surface area contributed by atoms with Crippen LogP contribution in [-0.4, -0.2) is 24.4 Å². The van der Waals surface area contributed by atoms with Gasteiger partial charge in [-0.05, 0) is 23.3 Å². The highest BCUT2D eigenvalue weighted by atomic mass is 16.5. The first-order valence-electron chi connectivity index (χ1n) is 6.15. The van der Waals surface area contributed by atoms with Crippen LogP contribution in [0, 0.1) is 0 Å². The molecular weight excluding hydrogens is 254 g/mol. The van der Waals surface area contributed by atoms with E-state index < -0.39 is 12.0 Å². The van der Waals surface area contributed by atoms with Gasteiger partial charge in [0.25, 0.3) is 0 Å². The number of ether oxygens (including phenoxy) is 1. The van der Waals surface area contributed by atoms with Crippen molar-refractivity contribution in [3.63, 3.8) is 0 Å². The summed E-state index contributed by atoms with van der Waals surface area (Å²) in [4.78, 5) is 16.1. The minimum atomic E-state index is -0.735. The van der Waals surface area contributed by atoms with Crippen molar-refractivity contribution < 1.29 is 14.6 Å². The third-order valence-electron chi connectivity index (χ3n) is 2.81. The third-order valence-corrected chi connectivity index (χ3v) is 2.81. The lowest BCUT2D eigenvalue weighted by Crippen LogP contribution is -2.12. The minimum absolute atomic E-state index is 0.143. The monoisotopic (exact) mass is 269 g/mol. The van der Waals surface area contributed by atoms with Crippen molar-refractivity contribution in [1.29, 1.82) is 0 Å². The number of hydrogen-bond donors (Lipinski definition) is 1. The fourth-order valence-electron chi connectivity index (χ4n) is 1.75. The van der Waals surface area contributed by atoms with E-state index in [1.165, 1.54) is 19.2 Å². The molecule has 0 saturated heterocycles. The first kappa shape index (κ1) is 13.8. The van der Waals surface area contributed by atoms with Gasteiger partial charge in [-0.25, -0.2) is 4.79 Å². The number of carbonyl (C=O) groups is 1. The number of aromatic hydroxyl groups is 1. The molecule has 0 fully saturated rings. The van der Waals surface area contributed by atoms with Crippen molar-refractivity contribution in [2.75, 3.05) is 7.11 Å². The van der Waals surface area contributed by atoms with Crippen molar-refractivity contribution in [2.24, 2.45) is 4.99 Å². The van der Waals surface area contributed by atoms with Gasteiger partial charge < -0.3 is 9.84 Å². The van der Waals surface area contributed by atoms with Gasteiger partial charge in [-0.2, -0.15) is 0 Å². The molecule has 2 aromatic rings. The van der Waals surface area contributed by atoms with Gasteiger partial charge in [-0.1, -0.05) is 42.5 Å². The first-order valence-corrected chi connectivity index (χ1v) is 6.15. The predicted molar refractivity (Wildman–Crippen MR) is 76.9 cm³/mol. The molecule has 1 atom stereocenters. The Morgan fingerprint density at radius 2 is 1.80 bits per heavy atom. The van der Waals surface area contributed by atoms with Crippen LogP contribution >= 0.6 is 0 Å². The Kier molecular flexibility index (Phi) is 4.50. The summed E-state index contributed by atoms with van der Waals surface area (Å²) in [5.74, 6) is -0.299. The molecule has 0 amide bonds. The van der Waals surface area contributed by atoms with Crippen molar-refractivity contribution in [3.05, 3.63) is 65.7 Å². The Morgan fingerprint density at radius 1 is 1.15 bits per heavy atom. The molecule has 0 bridgehead atoms. The van der Waals surface area contributed by atoms with E-state index in [0.717, 1.165) is 5.56 Å². The second kappa shape index (κ2) is 6.52. The van der Waals surface area contributed by atoms with Gasteiger partial charge >= 0.3 is 5.97 Å². The number of phenolic OH excluding ortho intramolecular Hbond substituents is 1. The Labute approximate surface area is 117 Å². The Hall–Kier alpha value is -2.62. The Bertz CT molecular complexity index is 591. The van der Waals surface area contributed by atoms with Crippen LogP contribution in [0.1, 0.15) is 17.2 Å². The van der Waals surface area contributed by atoms with Crippen molar-refractivity contribution in [1.82, 2.24) is 0 Å². The fraction of sp³-hybridized carbons (Fsp3) is 0.125. The highest BCUT2D eigenvalue weighted by Crippen LogP contribution is 2.21. The van der Waals surface area contributed by atoms with Crippen LogP contribution in [0.5, 0.6) is 5.75 Å². The van der Waals surface area contributed by atoms with Gasteiger partial charge in [0, 0.05) is 6.21 Å². The van der Waals surface area contributed by atoms with Gasteiger partial charge in [0.05, 0.1) is 7.11 Å². The maximum Gasteiger partial charge on any atom is 0.335 e. The molecule has 0 saturated carbocycles. The van der Waals surface area contributed by atoms with E-state index in [0.29, 0.717) is 5.56 Å². The minimum Gasteiger partial charge on any atom is -0.508 e. The summed E-state index contributed by atoms with van der Waals surface area (Å²) in [5.41, 5.74) is 1.57. The van der Waals surface area contributed by atoms with Crippen LogP contribution < -0.4 is 0 Å². The van der Waals surface area contributed by atoms with E-state index in [-0.39, 0.29) is 5.75 Å². The molecule has 0 heterocycles. The largest absolute Gasteiger partial charge is 0.508 e. The summed E-state index contributed by atoms with van der Waals surface area (Å²) >= 11 is 0. The number of benzene rings is 2. The van der Waals surface area contributed by atoms with Crippen molar-refractivity contribution >= 4 is 12.2 Å². The zero-order valence-electron chi connectivity index (χ0n) is 11.1. The van der Waals surface area contributed by atoms with E-state index in [1.54, 1.807) is 18.3 Å². The van der Waals surface area contributed by atoms with Crippen LogP contribution in [-0.2, 0) is 9.53 Å². The molecule has 0 aliphatic carbocycles. The quantitative estimate of drug-likeness (QED) is 0.685. The number of carbonyl (C=O) groups excluding carboxylic acids is 1. The number of methoxy groups -OCH3 is 1. The molecule has 0 radical (unpaired) electrons. The molecular formula is C16H15NO3. The summed E-state index contributed by atoms with van der Waals surface area (Å²) in [6, 6.07) is 15.1. The summed E-state index contributed by atoms with van der Waals surface area (Å²) in [6.07, 6.45) is 1.63. The molecule has 1 unspecified atom stereocenters. The highest BCUT2D eigenvalue weighted by Gasteiger charge is 2.19. The zero-order valence-corrected chi connectivity index (χ0v) is 11.1.